The zero-order valence-electron chi connectivity index (χ0n) is 31.1. The highest BCUT2D eigenvalue weighted by Gasteiger charge is 2.17. The maximum absolute atomic E-state index is 13.2. The third kappa shape index (κ3) is 11.1. The van der Waals surface area contributed by atoms with Gasteiger partial charge in [0.15, 0.2) is 0 Å². The smallest absolute Gasteiger partial charge is 0.338 e. The summed E-state index contributed by atoms with van der Waals surface area (Å²) in [7, 11) is 0. The van der Waals surface area contributed by atoms with E-state index in [9.17, 15) is 4.79 Å². The molecular weight excluding hydrogens is 645 g/mol. The maximum Gasteiger partial charge on any atom is 0.338 e. The molecule has 6 rings (SSSR count). The highest BCUT2D eigenvalue weighted by molar-refractivity contribution is 6.00. The lowest BCUT2D eigenvalue weighted by atomic mass is 9.87. The van der Waals surface area contributed by atoms with Crippen molar-refractivity contribution >= 4 is 17.1 Å². The van der Waals surface area contributed by atoms with Crippen LogP contribution in [0.5, 0.6) is 11.5 Å². The van der Waals surface area contributed by atoms with Crippen LogP contribution in [0.3, 0.4) is 0 Å². The highest BCUT2D eigenvalue weighted by atomic mass is 16.5. The second kappa shape index (κ2) is 20.0. The zero-order chi connectivity index (χ0) is 35.8. The van der Waals surface area contributed by atoms with Crippen LogP contribution in [0.2, 0.25) is 0 Å². The van der Waals surface area contributed by atoms with E-state index in [-0.39, 0.29) is 12.6 Å². The van der Waals surface area contributed by atoms with Gasteiger partial charge in [-0.1, -0.05) is 99.3 Å². The Bertz CT molecular complexity index is 1610. The summed E-state index contributed by atoms with van der Waals surface area (Å²) in [5.41, 5.74) is 6.99. The van der Waals surface area contributed by atoms with Crippen LogP contribution >= 0.6 is 0 Å². The summed E-state index contributed by atoms with van der Waals surface area (Å²) in [4.78, 5) is 18.3. The number of ether oxygens (including phenoxy) is 3. The Kier molecular flexibility index (Phi) is 14.4. The van der Waals surface area contributed by atoms with Crippen molar-refractivity contribution in [1.29, 1.82) is 0 Å². The zero-order valence-corrected chi connectivity index (χ0v) is 31.1. The molecule has 2 fully saturated rings. The number of nitrogens with zero attached hydrogens (tertiary/aromatic N) is 2. The highest BCUT2D eigenvalue weighted by Crippen LogP contribution is 2.36. The van der Waals surface area contributed by atoms with Crippen LogP contribution in [0.25, 0.3) is 11.1 Å². The fourth-order valence-corrected chi connectivity index (χ4v) is 7.42. The molecule has 6 heteroatoms. The van der Waals surface area contributed by atoms with Gasteiger partial charge in [-0.15, -0.1) is 0 Å². The Hall–Kier alpha value is -4.39. The molecule has 0 bridgehead atoms. The molecule has 52 heavy (non-hydrogen) atoms. The van der Waals surface area contributed by atoms with Gasteiger partial charge < -0.3 is 14.2 Å². The average Bonchev–Trinajstić information content (AvgIpc) is 3.63. The topological polar surface area (TPSA) is 51.2 Å². The van der Waals surface area contributed by atoms with E-state index in [1.165, 1.54) is 77.5 Å². The molecule has 0 saturated carbocycles. The second-order valence-corrected chi connectivity index (χ2v) is 14.1. The van der Waals surface area contributed by atoms with E-state index < -0.39 is 0 Å². The molecule has 0 atom stereocenters. The van der Waals surface area contributed by atoms with Gasteiger partial charge in [0.05, 0.1) is 5.56 Å². The molecular formula is C46H56N2O4. The number of hydrogen-bond acceptors (Lipinski definition) is 6. The molecule has 0 unspecified atom stereocenters. The van der Waals surface area contributed by atoms with Gasteiger partial charge in [-0.3, -0.25) is 9.80 Å². The summed E-state index contributed by atoms with van der Waals surface area (Å²) in [5.74, 6) is 1.44. The predicted octanol–water partition coefficient (Wildman–Crippen LogP) is 9.92. The van der Waals surface area contributed by atoms with Crippen molar-refractivity contribution in [3.8, 4) is 11.5 Å². The summed E-state index contributed by atoms with van der Waals surface area (Å²) in [6.45, 7) is 10.4. The lowest BCUT2D eigenvalue weighted by Crippen LogP contribution is -2.29. The van der Waals surface area contributed by atoms with Gasteiger partial charge in [0.25, 0.3) is 0 Å². The van der Waals surface area contributed by atoms with Crippen molar-refractivity contribution in [3.05, 3.63) is 131 Å². The Morgan fingerprint density at radius 3 is 1.56 bits per heavy atom. The summed E-state index contributed by atoms with van der Waals surface area (Å²) < 4.78 is 18.2. The normalized spacial score (nSPS) is 15.6. The molecule has 2 heterocycles. The largest absolute Gasteiger partial charge is 0.492 e. The van der Waals surface area contributed by atoms with Crippen molar-refractivity contribution < 1.29 is 19.0 Å². The summed E-state index contributed by atoms with van der Waals surface area (Å²) >= 11 is 0. The Morgan fingerprint density at radius 1 is 0.558 bits per heavy atom. The number of esters is 1. The van der Waals surface area contributed by atoms with E-state index in [0.717, 1.165) is 64.4 Å². The summed E-state index contributed by atoms with van der Waals surface area (Å²) in [6, 6.07) is 34.6. The van der Waals surface area contributed by atoms with Crippen LogP contribution in [0.1, 0.15) is 97.3 Å². The minimum absolute atomic E-state index is 0.241. The van der Waals surface area contributed by atoms with Crippen LogP contribution in [-0.4, -0.2) is 68.3 Å². The third-order valence-electron chi connectivity index (χ3n) is 10.4. The quantitative estimate of drug-likeness (QED) is 0.0909. The molecule has 2 aliphatic rings. The van der Waals surface area contributed by atoms with Crippen molar-refractivity contribution in [2.24, 2.45) is 0 Å². The van der Waals surface area contributed by atoms with Gasteiger partial charge in [0.2, 0.25) is 0 Å². The van der Waals surface area contributed by atoms with Crippen molar-refractivity contribution in [2.75, 3.05) is 52.5 Å². The standard InChI is InChI=1S/C46H56N2O4/c1-2-44(40-17-14-18-41(35-40)46(49)52-36-37-15-8-7-9-16-37)45(38-19-23-42(24-20-38)50-33-31-47-27-10-3-4-11-28-47)39-21-25-43(26-22-39)51-34-32-48-29-12-5-6-13-30-48/h7-9,14-26,35H,2-6,10-13,27-34,36H2,1H3. The van der Waals surface area contributed by atoms with Crippen LogP contribution in [0.15, 0.2) is 103 Å². The summed E-state index contributed by atoms with van der Waals surface area (Å²) in [5, 5.41) is 0. The van der Waals surface area contributed by atoms with Gasteiger partial charge >= 0.3 is 5.97 Å². The first-order chi connectivity index (χ1) is 25.7. The molecule has 0 aliphatic carbocycles. The Morgan fingerprint density at radius 2 is 1.06 bits per heavy atom. The fourth-order valence-electron chi connectivity index (χ4n) is 7.42. The minimum Gasteiger partial charge on any atom is -0.492 e. The third-order valence-corrected chi connectivity index (χ3v) is 10.4. The molecule has 4 aromatic rings. The molecule has 0 amide bonds. The van der Waals surface area contributed by atoms with Gasteiger partial charge in [0, 0.05) is 13.1 Å². The maximum atomic E-state index is 13.2. The first-order valence-corrected chi connectivity index (χ1v) is 19.6. The first-order valence-electron chi connectivity index (χ1n) is 19.6. The number of carbonyl (C=O) groups excluding carboxylic acids is 1. The number of rotatable bonds is 15. The van der Waals surface area contributed by atoms with E-state index in [1.54, 1.807) is 0 Å². The van der Waals surface area contributed by atoms with Crippen LogP contribution in [0.4, 0.5) is 0 Å². The van der Waals surface area contributed by atoms with Crippen molar-refractivity contribution in [3.63, 3.8) is 0 Å². The van der Waals surface area contributed by atoms with Gasteiger partial charge in [-0.05, 0) is 128 Å². The minimum atomic E-state index is -0.328. The molecule has 0 radical (unpaired) electrons. The van der Waals surface area contributed by atoms with E-state index in [2.05, 4.69) is 71.3 Å². The van der Waals surface area contributed by atoms with E-state index in [0.29, 0.717) is 18.8 Å². The number of allylic oxidation sites excluding steroid dienone is 1. The van der Waals surface area contributed by atoms with Crippen molar-refractivity contribution in [1.82, 2.24) is 9.80 Å². The molecule has 4 aromatic carbocycles. The number of likely N-dealkylation sites (tertiary alicyclic amines) is 2. The second-order valence-electron chi connectivity index (χ2n) is 14.1. The molecule has 0 N–H and O–H groups in total. The van der Waals surface area contributed by atoms with Crippen molar-refractivity contribution in [2.45, 2.75) is 71.3 Å². The fraction of sp³-hybridized carbons (Fsp3) is 0.413. The van der Waals surface area contributed by atoms with E-state index in [1.807, 2.05) is 48.5 Å². The molecule has 0 spiro atoms. The molecule has 0 aromatic heterocycles. The average molecular weight is 701 g/mol. The monoisotopic (exact) mass is 700 g/mol. The number of hydrogen-bond donors (Lipinski definition) is 0. The molecule has 2 aliphatic heterocycles. The Labute approximate surface area is 311 Å². The van der Waals surface area contributed by atoms with Gasteiger partial charge in [0.1, 0.15) is 31.3 Å². The van der Waals surface area contributed by atoms with E-state index in [4.69, 9.17) is 14.2 Å². The Balaban J connectivity index is 1.22. The molecule has 2 saturated heterocycles. The number of carbonyl (C=O) groups is 1. The lowest BCUT2D eigenvalue weighted by Gasteiger charge is -2.20. The lowest BCUT2D eigenvalue weighted by molar-refractivity contribution is 0.0472. The summed E-state index contributed by atoms with van der Waals surface area (Å²) in [6.07, 6.45) is 11.3. The molecule has 6 nitrogen and oxygen atoms in total. The SMILES string of the molecule is CCC(=C(c1ccc(OCCN2CCCCCC2)cc1)c1ccc(OCCN2CCCCCC2)cc1)c1cccc(C(=O)OCc2ccccc2)c1. The van der Waals surface area contributed by atoms with E-state index >= 15 is 0 Å². The molecule has 274 valence electrons. The first kappa shape index (κ1) is 37.4. The van der Waals surface area contributed by atoms with Crippen LogP contribution < -0.4 is 9.47 Å². The predicted molar refractivity (Wildman–Crippen MR) is 212 cm³/mol. The van der Waals surface area contributed by atoms with Crippen LogP contribution in [-0.2, 0) is 11.3 Å². The van der Waals surface area contributed by atoms with Crippen LogP contribution in [0, 0.1) is 0 Å². The van der Waals surface area contributed by atoms with Gasteiger partial charge in [-0.2, -0.15) is 0 Å². The van der Waals surface area contributed by atoms with Gasteiger partial charge in [-0.25, -0.2) is 4.79 Å². The number of benzene rings is 4.